The average molecular weight is 465 g/mol. The first kappa shape index (κ1) is 21.8. The fourth-order valence-electron chi connectivity index (χ4n) is 4.15. The van der Waals surface area contributed by atoms with Crippen molar-refractivity contribution in [3.05, 3.63) is 47.7 Å². The molecule has 10 heteroatoms. The molecule has 0 radical (unpaired) electrons. The molecule has 33 heavy (non-hydrogen) atoms. The topological polar surface area (TPSA) is 97.4 Å². The number of hydrazine groups is 1. The van der Waals surface area contributed by atoms with Gasteiger partial charge in [-0.15, -0.1) is 11.3 Å². The molecule has 172 valence electrons. The van der Waals surface area contributed by atoms with Crippen molar-refractivity contribution in [2.45, 2.75) is 13.5 Å². The minimum atomic E-state index is 0.551. The Morgan fingerprint density at radius 3 is 2.76 bits per heavy atom. The zero-order valence-electron chi connectivity index (χ0n) is 18.9. The minimum absolute atomic E-state index is 0.551. The number of methoxy groups -OCH3 is 1. The fraction of sp³-hybridized carbons (Fsp3) is 0.348. The SMILES string of the molecule is COc1ccccc1-c1c(C)sc2cnc(Nc3cnn(CCN4CCN(N)CC4)c3)nc12. The van der Waals surface area contributed by atoms with Gasteiger partial charge in [0.15, 0.2) is 0 Å². The first-order valence-corrected chi connectivity index (χ1v) is 11.8. The maximum atomic E-state index is 5.84. The van der Waals surface area contributed by atoms with E-state index in [9.17, 15) is 0 Å². The Labute approximate surface area is 196 Å². The minimum Gasteiger partial charge on any atom is -0.496 e. The van der Waals surface area contributed by atoms with Crippen LogP contribution < -0.4 is 15.9 Å². The van der Waals surface area contributed by atoms with E-state index in [1.54, 1.807) is 18.4 Å². The van der Waals surface area contributed by atoms with Gasteiger partial charge in [0.05, 0.1) is 42.0 Å². The van der Waals surface area contributed by atoms with Gasteiger partial charge < -0.3 is 10.1 Å². The zero-order valence-corrected chi connectivity index (χ0v) is 19.7. The number of rotatable bonds is 7. The third-order valence-corrected chi connectivity index (χ3v) is 6.95. The number of aryl methyl sites for hydroxylation is 1. The molecule has 3 aromatic heterocycles. The zero-order chi connectivity index (χ0) is 22.8. The van der Waals surface area contributed by atoms with Crippen molar-refractivity contribution in [1.82, 2.24) is 29.7 Å². The van der Waals surface area contributed by atoms with Crippen LogP contribution in [0.25, 0.3) is 21.3 Å². The smallest absolute Gasteiger partial charge is 0.227 e. The van der Waals surface area contributed by atoms with Gasteiger partial charge in [-0.3, -0.25) is 15.4 Å². The Balaban J connectivity index is 1.33. The molecule has 1 aromatic carbocycles. The Hall–Kier alpha value is -3.05. The molecule has 4 heterocycles. The molecule has 0 amide bonds. The molecule has 3 N–H and O–H groups in total. The molecule has 9 nitrogen and oxygen atoms in total. The number of nitrogens with one attached hydrogen (secondary N) is 1. The van der Waals surface area contributed by atoms with Crippen molar-refractivity contribution >= 4 is 33.2 Å². The Kier molecular flexibility index (Phi) is 6.23. The van der Waals surface area contributed by atoms with Crippen LogP contribution in [0.4, 0.5) is 11.6 Å². The number of hydrogen-bond donors (Lipinski definition) is 2. The Bertz CT molecular complexity index is 1240. The van der Waals surface area contributed by atoms with Crippen molar-refractivity contribution in [2.24, 2.45) is 5.84 Å². The molecule has 1 saturated heterocycles. The first-order chi connectivity index (χ1) is 16.1. The molecule has 0 unspecified atom stereocenters. The Morgan fingerprint density at radius 2 is 1.94 bits per heavy atom. The normalized spacial score (nSPS) is 15.2. The van der Waals surface area contributed by atoms with E-state index in [4.69, 9.17) is 15.6 Å². The highest BCUT2D eigenvalue weighted by Gasteiger charge is 2.17. The number of anilines is 2. The second-order valence-electron chi connectivity index (χ2n) is 8.13. The molecule has 0 spiro atoms. The summed E-state index contributed by atoms with van der Waals surface area (Å²) in [7, 11) is 1.69. The molecule has 0 saturated carbocycles. The summed E-state index contributed by atoms with van der Waals surface area (Å²) in [6.45, 7) is 7.69. The van der Waals surface area contributed by atoms with Crippen LogP contribution in [0.1, 0.15) is 4.88 Å². The average Bonchev–Trinajstić information content (AvgIpc) is 3.41. The molecular formula is C23H28N8OS. The van der Waals surface area contributed by atoms with Crippen molar-refractivity contribution in [3.63, 3.8) is 0 Å². The lowest BCUT2D eigenvalue weighted by Crippen LogP contribution is -2.49. The monoisotopic (exact) mass is 464 g/mol. The number of benzene rings is 1. The summed E-state index contributed by atoms with van der Waals surface area (Å²) >= 11 is 1.69. The van der Waals surface area contributed by atoms with Gasteiger partial charge in [-0.05, 0) is 13.0 Å². The van der Waals surface area contributed by atoms with Crippen LogP contribution in [0.5, 0.6) is 5.75 Å². The number of para-hydroxylation sites is 1. The maximum Gasteiger partial charge on any atom is 0.227 e. The van der Waals surface area contributed by atoms with E-state index in [-0.39, 0.29) is 0 Å². The van der Waals surface area contributed by atoms with E-state index in [2.05, 4.69) is 33.3 Å². The van der Waals surface area contributed by atoms with Gasteiger partial charge in [-0.2, -0.15) is 5.10 Å². The number of aromatic nitrogens is 4. The highest BCUT2D eigenvalue weighted by molar-refractivity contribution is 7.19. The highest BCUT2D eigenvalue weighted by Crippen LogP contribution is 2.41. The molecule has 4 aromatic rings. The second kappa shape index (κ2) is 9.44. The van der Waals surface area contributed by atoms with Crippen molar-refractivity contribution in [1.29, 1.82) is 0 Å². The molecule has 0 atom stereocenters. The van der Waals surface area contributed by atoms with Crippen molar-refractivity contribution in [3.8, 4) is 16.9 Å². The largest absolute Gasteiger partial charge is 0.496 e. The van der Waals surface area contributed by atoms with Gasteiger partial charge in [0, 0.05) is 54.9 Å². The van der Waals surface area contributed by atoms with Crippen LogP contribution >= 0.6 is 11.3 Å². The summed E-state index contributed by atoms with van der Waals surface area (Å²) < 4.78 is 8.59. The van der Waals surface area contributed by atoms with Crippen LogP contribution in [0.2, 0.25) is 0 Å². The number of nitrogens with two attached hydrogens (primary N) is 1. The van der Waals surface area contributed by atoms with Crippen molar-refractivity contribution < 1.29 is 4.74 Å². The predicted molar refractivity (Wildman–Crippen MR) is 132 cm³/mol. The highest BCUT2D eigenvalue weighted by atomic mass is 32.1. The Morgan fingerprint density at radius 1 is 1.12 bits per heavy atom. The molecular weight excluding hydrogens is 436 g/mol. The number of nitrogens with zero attached hydrogens (tertiary/aromatic N) is 6. The summed E-state index contributed by atoms with van der Waals surface area (Å²) in [5, 5.41) is 9.67. The van der Waals surface area contributed by atoms with Gasteiger partial charge in [-0.1, -0.05) is 18.2 Å². The summed E-state index contributed by atoms with van der Waals surface area (Å²) in [4.78, 5) is 13.0. The summed E-state index contributed by atoms with van der Waals surface area (Å²) in [5.41, 5.74) is 3.92. The number of hydrogen-bond acceptors (Lipinski definition) is 9. The van der Waals surface area contributed by atoms with E-state index >= 15 is 0 Å². The molecule has 5 rings (SSSR count). The van der Waals surface area contributed by atoms with E-state index in [1.807, 2.05) is 46.5 Å². The van der Waals surface area contributed by atoms with E-state index in [0.29, 0.717) is 5.95 Å². The molecule has 1 fully saturated rings. The number of piperazine rings is 1. The third kappa shape index (κ3) is 4.69. The third-order valence-electron chi connectivity index (χ3n) is 5.93. The van der Waals surface area contributed by atoms with Gasteiger partial charge >= 0.3 is 0 Å². The molecule has 0 bridgehead atoms. The van der Waals surface area contributed by atoms with Crippen molar-refractivity contribution in [2.75, 3.05) is 45.2 Å². The number of ether oxygens (including phenoxy) is 1. The first-order valence-electron chi connectivity index (χ1n) is 11.0. The van der Waals surface area contributed by atoms with E-state index < -0.39 is 0 Å². The number of fused-ring (bicyclic) bond motifs is 1. The lowest BCUT2D eigenvalue weighted by atomic mass is 10.0. The standard InChI is InChI=1S/C23H28N8OS/c1-16-21(18-5-3-4-6-19(18)32-2)22-20(33-16)14-25-23(28-22)27-17-13-26-31(15-17)12-9-29-7-10-30(24)11-8-29/h3-6,13-15H,7-12,24H2,1-2H3,(H,25,27,28). The predicted octanol–water partition coefficient (Wildman–Crippen LogP) is 3.11. The van der Waals surface area contributed by atoms with Crippen LogP contribution in [-0.4, -0.2) is 69.5 Å². The van der Waals surface area contributed by atoms with E-state index in [1.165, 1.54) is 4.88 Å². The molecule has 0 aliphatic carbocycles. The van der Waals surface area contributed by atoms with Gasteiger partial charge in [0.2, 0.25) is 5.95 Å². The van der Waals surface area contributed by atoms with Crippen LogP contribution in [0.15, 0.2) is 42.9 Å². The fourth-order valence-corrected chi connectivity index (χ4v) is 5.13. The van der Waals surface area contributed by atoms with Crippen LogP contribution in [0.3, 0.4) is 0 Å². The van der Waals surface area contributed by atoms with E-state index in [0.717, 1.165) is 72.0 Å². The van der Waals surface area contributed by atoms with Gasteiger partial charge in [0.25, 0.3) is 0 Å². The second-order valence-corrected chi connectivity index (χ2v) is 9.39. The molecule has 1 aliphatic rings. The maximum absolute atomic E-state index is 5.84. The van der Waals surface area contributed by atoms with Crippen LogP contribution in [-0.2, 0) is 6.54 Å². The summed E-state index contributed by atoms with van der Waals surface area (Å²) in [5.74, 6) is 7.22. The summed E-state index contributed by atoms with van der Waals surface area (Å²) in [6.07, 6.45) is 5.68. The quantitative estimate of drug-likeness (QED) is 0.403. The van der Waals surface area contributed by atoms with Gasteiger partial charge in [-0.25, -0.2) is 15.0 Å². The van der Waals surface area contributed by atoms with Crippen LogP contribution in [0, 0.1) is 6.92 Å². The number of thiophene rings is 1. The lowest BCUT2D eigenvalue weighted by Gasteiger charge is -2.31. The summed E-state index contributed by atoms with van der Waals surface area (Å²) in [6, 6.07) is 8.04. The lowest BCUT2D eigenvalue weighted by molar-refractivity contribution is 0.129. The molecule has 1 aliphatic heterocycles. The van der Waals surface area contributed by atoms with Gasteiger partial charge in [0.1, 0.15) is 5.75 Å².